The van der Waals surface area contributed by atoms with Crippen molar-refractivity contribution in [1.29, 1.82) is 0 Å². The minimum atomic E-state index is 0.353. The van der Waals surface area contributed by atoms with Crippen LogP contribution in [0.25, 0.3) is 17.4 Å². The van der Waals surface area contributed by atoms with Crippen molar-refractivity contribution < 1.29 is 4.42 Å². The van der Waals surface area contributed by atoms with Gasteiger partial charge in [0.05, 0.1) is 18.4 Å². The molecule has 23 heavy (non-hydrogen) atoms. The highest BCUT2D eigenvalue weighted by Crippen LogP contribution is 2.18. The van der Waals surface area contributed by atoms with E-state index in [4.69, 9.17) is 4.42 Å². The zero-order valence-electron chi connectivity index (χ0n) is 12.8. The van der Waals surface area contributed by atoms with E-state index in [0.717, 1.165) is 17.0 Å². The second kappa shape index (κ2) is 5.24. The van der Waals surface area contributed by atoms with E-state index < -0.39 is 0 Å². The molecular formula is C15H15N7O. The van der Waals surface area contributed by atoms with Crippen LogP contribution in [0.2, 0.25) is 0 Å². The molecule has 0 fully saturated rings. The standard InChI is InChI=1S/C15H15N7O/c1-10-4-3-5-12-17-8-11(22(10)12)9-18-15-20-19-14(23-15)13-16-6-7-21(13)2/h3-8H,9H2,1-2H3,(H,18,20). The molecule has 0 saturated carbocycles. The van der Waals surface area contributed by atoms with Crippen LogP contribution < -0.4 is 5.32 Å². The van der Waals surface area contributed by atoms with Gasteiger partial charge in [0, 0.05) is 25.1 Å². The number of nitrogens with one attached hydrogen (secondary N) is 1. The molecule has 8 heteroatoms. The molecule has 0 unspecified atom stereocenters. The first kappa shape index (κ1) is 13.5. The molecule has 0 aromatic carbocycles. The Kier molecular flexibility index (Phi) is 3.07. The van der Waals surface area contributed by atoms with Gasteiger partial charge >= 0.3 is 6.01 Å². The molecule has 0 radical (unpaired) electrons. The Morgan fingerprint density at radius 3 is 2.96 bits per heavy atom. The summed E-state index contributed by atoms with van der Waals surface area (Å²) < 4.78 is 9.51. The smallest absolute Gasteiger partial charge is 0.316 e. The van der Waals surface area contributed by atoms with E-state index in [-0.39, 0.29) is 0 Å². The number of hydrogen-bond acceptors (Lipinski definition) is 6. The van der Waals surface area contributed by atoms with Gasteiger partial charge in [0.15, 0.2) is 5.82 Å². The number of anilines is 1. The van der Waals surface area contributed by atoms with Gasteiger partial charge in [-0.25, -0.2) is 9.97 Å². The third kappa shape index (κ3) is 2.33. The molecular weight excluding hydrogens is 294 g/mol. The summed E-state index contributed by atoms with van der Waals surface area (Å²) >= 11 is 0. The van der Waals surface area contributed by atoms with Crippen molar-refractivity contribution in [1.82, 2.24) is 29.1 Å². The number of imidazole rings is 2. The second-order valence-electron chi connectivity index (χ2n) is 5.24. The van der Waals surface area contributed by atoms with Gasteiger partial charge in [-0.2, -0.15) is 0 Å². The Hall–Kier alpha value is -3.16. The first-order valence-corrected chi connectivity index (χ1v) is 7.19. The fourth-order valence-corrected chi connectivity index (χ4v) is 2.52. The normalized spacial score (nSPS) is 11.2. The first-order chi connectivity index (χ1) is 11.2. The number of hydrogen-bond donors (Lipinski definition) is 1. The van der Waals surface area contributed by atoms with Gasteiger partial charge in [0.2, 0.25) is 0 Å². The Labute approximate surface area is 131 Å². The van der Waals surface area contributed by atoms with E-state index in [1.54, 1.807) is 6.20 Å². The number of fused-ring (bicyclic) bond motifs is 1. The summed E-state index contributed by atoms with van der Waals surface area (Å²) in [5.41, 5.74) is 3.06. The molecule has 0 aliphatic carbocycles. The van der Waals surface area contributed by atoms with E-state index in [1.165, 1.54) is 0 Å². The minimum absolute atomic E-state index is 0.353. The zero-order valence-corrected chi connectivity index (χ0v) is 12.8. The van der Waals surface area contributed by atoms with Gasteiger partial charge in [0.25, 0.3) is 5.89 Å². The summed E-state index contributed by atoms with van der Waals surface area (Å²) in [5.74, 6) is 1.02. The SMILES string of the molecule is Cc1cccc2ncc(CNc3nnc(-c4nccn4C)o3)n12. The maximum Gasteiger partial charge on any atom is 0.316 e. The summed E-state index contributed by atoms with van der Waals surface area (Å²) in [7, 11) is 1.88. The molecule has 0 atom stereocenters. The summed E-state index contributed by atoms with van der Waals surface area (Å²) in [5, 5.41) is 11.1. The Morgan fingerprint density at radius 1 is 1.22 bits per heavy atom. The maximum atomic E-state index is 5.60. The predicted octanol–water partition coefficient (Wildman–Crippen LogP) is 2.04. The van der Waals surface area contributed by atoms with Crippen molar-refractivity contribution in [3.63, 3.8) is 0 Å². The summed E-state index contributed by atoms with van der Waals surface area (Å²) in [6.45, 7) is 2.58. The average Bonchev–Trinajstić information content (AvgIpc) is 3.24. The predicted molar refractivity (Wildman–Crippen MR) is 83.8 cm³/mol. The molecule has 0 aliphatic heterocycles. The molecule has 0 bridgehead atoms. The lowest BCUT2D eigenvalue weighted by Gasteiger charge is -2.05. The number of aromatic nitrogens is 6. The van der Waals surface area contributed by atoms with Crippen molar-refractivity contribution in [2.45, 2.75) is 13.5 Å². The van der Waals surface area contributed by atoms with Crippen molar-refractivity contribution in [3.8, 4) is 11.7 Å². The van der Waals surface area contributed by atoms with Gasteiger partial charge in [-0.05, 0) is 19.1 Å². The topological polar surface area (TPSA) is 86.1 Å². The molecule has 0 aliphatic rings. The highest BCUT2D eigenvalue weighted by molar-refractivity contribution is 5.44. The van der Waals surface area contributed by atoms with E-state index in [9.17, 15) is 0 Å². The number of nitrogens with zero attached hydrogens (tertiary/aromatic N) is 6. The van der Waals surface area contributed by atoms with Crippen LogP contribution in [0.3, 0.4) is 0 Å². The fourth-order valence-electron chi connectivity index (χ4n) is 2.52. The van der Waals surface area contributed by atoms with Crippen LogP contribution >= 0.6 is 0 Å². The van der Waals surface area contributed by atoms with Gasteiger partial charge in [-0.15, -0.1) is 5.10 Å². The Balaban J connectivity index is 1.55. The third-order valence-electron chi connectivity index (χ3n) is 3.66. The van der Waals surface area contributed by atoms with Crippen molar-refractivity contribution in [2.24, 2.45) is 7.05 Å². The molecule has 0 spiro atoms. The number of pyridine rings is 1. The van der Waals surface area contributed by atoms with Crippen LogP contribution in [-0.2, 0) is 13.6 Å². The van der Waals surface area contributed by atoms with Crippen LogP contribution in [0.15, 0.2) is 41.2 Å². The lowest BCUT2D eigenvalue weighted by molar-refractivity contribution is 0.571. The van der Waals surface area contributed by atoms with Gasteiger partial charge < -0.3 is 14.3 Å². The van der Waals surface area contributed by atoms with Crippen molar-refractivity contribution >= 4 is 11.7 Å². The molecule has 1 N–H and O–H groups in total. The zero-order chi connectivity index (χ0) is 15.8. The van der Waals surface area contributed by atoms with Crippen LogP contribution in [0, 0.1) is 6.92 Å². The molecule has 8 nitrogen and oxygen atoms in total. The lowest BCUT2D eigenvalue weighted by atomic mass is 10.3. The van der Waals surface area contributed by atoms with Crippen LogP contribution in [0.1, 0.15) is 11.4 Å². The fraction of sp³-hybridized carbons (Fsp3) is 0.200. The molecule has 0 amide bonds. The van der Waals surface area contributed by atoms with Crippen LogP contribution in [0.4, 0.5) is 6.01 Å². The van der Waals surface area contributed by atoms with Crippen molar-refractivity contribution in [2.75, 3.05) is 5.32 Å². The number of rotatable bonds is 4. The second-order valence-corrected chi connectivity index (χ2v) is 5.24. The molecule has 4 aromatic rings. The van der Waals surface area contributed by atoms with Gasteiger partial charge in [0.1, 0.15) is 5.65 Å². The largest absolute Gasteiger partial charge is 0.400 e. The monoisotopic (exact) mass is 309 g/mol. The van der Waals surface area contributed by atoms with E-state index in [2.05, 4.69) is 29.9 Å². The molecule has 4 rings (SSSR count). The summed E-state index contributed by atoms with van der Waals surface area (Å²) in [4.78, 5) is 8.58. The quantitative estimate of drug-likeness (QED) is 0.621. The number of aryl methyl sites for hydroxylation is 2. The van der Waals surface area contributed by atoms with Crippen molar-refractivity contribution in [3.05, 3.63) is 48.2 Å². The average molecular weight is 309 g/mol. The van der Waals surface area contributed by atoms with E-state index in [1.807, 2.05) is 49.1 Å². The summed E-state index contributed by atoms with van der Waals surface area (Å²) in [6, 6.07) is 6.37. The maximum absolute atomic E-state index is 5.60. The first-order valence-electron chi connectivity index (χ1n) is 7.19. The lowest BCUT2D eigenvalue weighted by Crippen LogP contribution is -2.04. The van der Waals surface area contributed by atoms with Gasteiger partial charge in [-0.3, -0.25) is 4.40 Å². The highest BCUT2D eigenvalue weighted by Gasteiger charge is 2.13. The highest BCUT2D eigenvalue weighted by atomic mass is 16.4. The molecule has 0 saturated heterocycles. The third-order valence-corrected chi connectivity index (χ3v) is 3.66. The van der Waals surface area contributed by atoms with E-state index >= 15 is 0 Å². The van der Waals surface area contributed by atoms with Crippen LogP contribution in [0.5, 0.6) is 0 Å². The molecule has 4 aromatic heterocycles. The Bertz CT molecular complexity index is 965. The molecule has 4 heterocycles. The summed E-state index contributed by atoms with van der Waals surface area (Å²) in [6.07, 6.45) is 5.35. The van der Waals surface area contributed by atoms with Crippen LogP contribution in [-0.4, -0.2) is 29.1 Å². The Morgan fingerprint density at radius 2 is 2.13 bits per heavy atom. The molecule has 116 valence electrons. The van der Waals surface area contributed by atoms with E-state index in [0.29, 0.717) is 24.3 Å². The van der Waals surface area contributed by atoms with Gasteiger partial charge in [-0.1, -0.05) is 11.2 Å². The minimum Gasteiger partial charge on any atom is -0.400 e.